The molecule has 6 nitrogen and oxygen atoms in total. The molecule has 0 radical (unpaired) electrons. The van der Waals surface area contributed by atoms with Crippen LogP contribution < -0.4 is 10.1 Å². The summed E-state index contributed by atoms with van der Waals surface area (Å²) in [5.74, 6) is -1.58. The molecular formula is C17H14F2N4O2S. The first-order chi connectivity index (χ1) is 12.6. The van der Waals surface area contributed by atoms with Gasteiger partial charge in [-0.3, -0.25) is 4.79 Å². The van der Waals surface area contributed by atoms with Gasteiger partial charge in [0.05, 0.1) is 5.69 Å². The first-order valence-electron chi connectivity index (χ1n) is 7.68. The standard InChI is InChI=1S/C17H14F2N4O2S/c18-11-2-3-14(13(19)8-11)25-9-15(24)20-7-4-12-10-26-17(23-12)16-21-5-1-6-22-16/h1-3,5-6,8,10H,4,7,9H2,(H,20,24). The molecule has 2 heterocycles. The zero-order valence-electron chi connectivity index (χ0n) is 13.5. The zero-order chi connectivity index (χ0) is 18.4. The van der Waals surface area contributed by atoms with Crippen molar-refractivity contribution in [3.63, 3.8) is 0 Å². The molecule has 0 aliphatic carbocycles. The molecule has 9 heteroatoms. The monoisotopic (exact) mass is 376 g/mol. The van der Waals surface area contributed by atoms with Gasteiger partial charge >= 0.3 is 0 Å². The number of aromatic nitrogens is 3. The van der Waals surface area contributed by atoms with Crippen LogP contribution in [0.5, 0.6) is 5.75 Å². The Morgan fingerprint density at radius 3 is 2.81 bits per heavy atom. The molecule has 2 aromatic heterocycles. The van der Waals surface area contributed by atoms with E-state index in [0.29, 0.717) is 29.9 Å². The lowest BCUT2D eigenvalue weighted by molar-refractivity contribution is -0.123. The van der Waals surface area contributed by atoms with Crippen molar-refractivity contribution in [2.75, 3.05) is 13.2 Å². The van der Waals surface area contributed by atoms with Crippen LogP contribution in [0.25, 0.3) is 10.8 Å². The van der Waals surface area contributed by atoms with Crippen LogP contribution in [0.15, 0.2) is 42.0 Å². The number of amides is 1. The Kier molecular flexibility index (Phi) is 5.80. The van der Waals surface area contributed by atoms with Crippen LogP contribution >= 0.6 is 11.3 Å². The summed E-state index contributed by atoms with van der Waals surface area (Å²) in [5.41, 5.74) is 0.809. The molecule has 0 aliphatic heterocycles. The molecule has 0 saturated heterocycles. The predicted octanol–water partition coefficient (Wildman–Crippen LogP) is 2.62. The Morgan fingerprint density at radius 2 is 2.04 bits per heavy atom. The second-order valence-corrected chi connectivity index (χ2v) is 6.04. The molecule has 26 heavy (non-hydrogen) atoms. The van der Waals surface area contributed by atoms with Crippen molar-refractivity contribution >= 4 is 17.2 Å². The summed E-state index contributed by atoms with van der Waals surface area (Å²) in [4.78, 5) is 24.4. The van der Waals surface area contributed by atoms with Gasteiger partial charge in [-0.25, -0.2) is 23.7 Å². The summed E-state index contributed by atoms with van der Waals surface area (Å²) >= 11 is 1.43. The molecule has 0 bridgehead atoms. The van der Waals surface area contributed by atoms with Gasteiger partial charge in [0, 0.05) is 36.8 Å². The van der Waals surface area contributed by atoms with E-state index in [-0.39, 0.29) is 12.4 Å². The van der Waals surface area contributed by atoms with E-state index in [4.69, 9.17) is 4.74 Å². The molecule has 0 saturated carbocycles. The van der Waals surface area contributed by atoms with E-state index in [1.807, 2.05) is 5.38 Å². The topological polar surface area (TPSA) is 77.0 Å². The number of ether oxygens (including phenoxy) is 1. The Labute approximate surface area is 151 Å². The molecule has 0 unspecified atom stereocenters. The zero-order valence-corrected chi connectivity index (χ0v) is 14.3. The van der Waals surface area contributed by atoms with Gasteiger partial charge in [-0.05, 0) is 18.2 Å². The van der Waals surface area contributed by atoms with Gasteiger partial charge < -0.3 is 10.1 Å². The van der Waals surface area contributed by atoms with E-state index in [0.717, 1.165) is 17.8 Å². The van der Waals surface area contributed by atoms with E-state index in [9.17, 15) is 13.6 Å². The number of carbonyl (C=O) groups is 1. The number of hydrogen-bond donors (Lipinski definition) is 1. The van der Waals surface area contributed by atoms with Crippen molar-refractivity contribution < 1.29 is 18.3 Å². The van der Waals surface area contributed by atoms with Crippen molar-refractivity contribution in [3.05, 3.63) is 59.4 Å². The molecule has 3 rings (SSSR count). The molecule has 0 atom stereocenters. The van der Waals surface area contributed by atoms with Crippen molar-refractivity contribution in [1.82, 2.24) is 20.3 Å². The SMILES string of the molecule is O=C(COc1ccc(F)cc1F)NCCc1csc(-c2ncccn2)n1. The van der Waals surface area contributed by atoms with Crippen LogP contribution in [-0.2, 0) is 11.2 Å². The molecular weight excluding hydrogens is 362 g/mol. The molecule has 1 aromatic carbocycles. The maximum absolute atomic E-state index is 13.4. The third kappa shape index (κ3) is 4.79. The van der Waals surface area contributed by atoms with Crippen LogP contribution in [0, 0.1) is 11.6 Å². The Balaban J connectivity index is 1.43. The van der Waals surface area contributed by atoms with Crippen molar-refractivity contribution in [1.29, 1.82) is 0 Å². The number of nitrogens with one attached hydrogen (secondary N) is 1. The molecule has 0 spiro atoms. The number of carbonyl (C=O) groups excluding carboxylic acids is 1. The number of thiazole rings is 1. The van der Waals surface area contributed by atoms with E-state index >= 15 is 0 Å². The van der Waals surface area contributed by atoms with Gasteiger partial charge in [0.2, 0.25) is 0 Å². The molecule has 0 fully saturated rings. The Hall–Kier alpha value is -2.94. The summed E-state index contributed by atoms with van der Waals surface area (Å²) in [6.45, 7) is -0.00433. The average molecular weight is 376 g/mol. The smallest absolute Gasteiger partial charge is 0.257 e. The molecule has 0 aliphatic rings. The third-order valence-electron chi connectivity index (χ3n) is 3.26. The lowest BCUT2D eigenvalue weighted by Crippen LogP contribution is -2.30. The highest BCUT2D eigenvalue weighted by atomic mass is 32.1. The minimum atomic E-state index is -0.851. The van der Waals surface area contributed by atoms with Crippen molar-refractivity contribution in [3.8, 4) is 16.6 Å². The number of halogens is 2. The summed E-state index contributed by atoms with van der Waals surface area (Å²) in [6.07, 6.45) is 3.82. The number of nitrogens with zero attached hydrogens (tertiary/aromatic N) is 3. The van der Waals surface area contributed by atoms with Gasteiger partial charge in [-0.1, -0.05) is 0 Å². The lowest BCUT2D eigenvalue weighted by Gasteiger charge is -2.07. The molecule has 1 amide bonds. The summed E-state index contributed by atoms with van der Waals surface area (Å²) in [5, 5.41) is 5.24. The second-order valence-electron chi connectivity index (χ2n) is 5.18. The fourth-order valence-corrected chi connectivity index (χ4v) is 2.85. The quantitative estimate of drug-likeness (QED) is 0.686. The Bertz CT molecular complexity index is 889. The van der Waals surface area contributed by atoms with Gasteiger partial charge in [0.1, 0.15) is 5.82 Å². The maximum Gasteiger partial charge on any atom is 0.257 e. The van der Waals surface area contributed by atoms with Crippen LogP contribution in [-0.4, -0.2) is 34.0 Å². The number of hydrogen-bond acceptors (Lipinski definition) is 6. The normalized spacial score (nSPS) is 10.5. The van der Waals surface area contributed by atoms with Crippen LogP contribution in [0.3, 0.4) is 0 Å². The van der Waals surface area contributed by atoms with Gasteiger partial charge in [0.25, 0.3) is 5.91 Å². The summed E-state index contributed by atoms with van der Waals surface area (Å²) < 4.78 is 31.2. The first kappa shape index (κ1) is 17.9. The number of rotatable bonds is 7. The minimum absolute atomic E-state index is 0.173. The highest BCUT2D eigenvalue weighted by Gasteiger charge is 2.09. The Morgan fingerprint density at radius 1 is 1.23 bits per heavy atom. The second kappa shape index (κ2) is 8.43. The fraction of sp³-hybridized carbons (Fsp3) is 0.176. The average Bonchev–Trinajstić information content (AvgIpc) is 3.11. The lowest BCUT2D eigenvalue weighted by atomic mass is 10.3. The van der Waals surface area contributed by atoms with Crippen molar-refractivity contribution in [2.24, 2.45) is 0 Å². The van der Waals surface area contributed by atoms with Crippen LogP contribution in [0.2, 0.25) is 0 Å². The predicted molar refractivity (Wildman–Crippen MR) is 91.7 cm³/mol. The van der Waals surface area contributed by atoms with E-state index < -0.39 is 17.5 Å². The maximum atomic E-state index is 13.4. The third-order valence-corrected chi connectivity index (χ3v) is 4.15. The summed E-state index contributed by atoms with van der Waals surface area (Å²) in [6, 6.07) is 4.63. The highest BCUT2D eigenvalue weighted by Crippen LogP contribution is 2.19. The highest BCUT2D eigenvalue weighted by molar-refractivity contribution is 7.13. The summed E-state index contributed by atoms with van der Waals surface area (Å²) in [7, 11) is 0. The molecule has 1 N–H and O–H groups in total. The van der Waals surface area contributed by atoms with E-state index in [1.165, 1.54) is 11.3 Å². The fourth-order valence-electron chi connectivity index (χ4n) is 2.05. The molecule has 3 aromatic rings. The largest absolute Gasteiger partial charge is 0.481 e. The van der Waals surface area contributed by atoms with E-state index in [2.05, 4.69) is 20.3 Å². The molecule has 134 valence electrons. The van der Waals surface area contributed by atoms with Gasteiger partial charge in [-0.2, -0.15) is 0 Å². The van der Waals surface area contributed by atoms with E-state index in [1.54, 1.807) is 18.5 Å². The van der Waals surface area contributed by atoms with Crippen LogP contribution in [0.4, 0.5) is 8.78 Å². The number of benzene rings is 1. The first-order valence-corrected chi connectivity index (χ1v) is 8.56. The van der Waals surface area contributed by atoms with Gasteiger partial charge in [-0.15, -0.1) is 11.3 Å². The minimum Gasteiger partial charge on any atom is -0.481 e. The van der Waals surface area contributed by atoms with Gasteiger partial charge in [0.15, 0.2) is 29.0 Å². The van der Waals surface area contributed by atoms with Crippen LogP contribution in [0.1, 0.15) is 5.69 Å². The van der Waals surface area contributed by atoms with Crippen molar-refractivity contribution in [2.45, 2.75) is 6.42 Å².